The summed E-state index contributed by atoms with van der Waals surface area (Å²) >= 11 is 0. The largest absolute Gasteiger partial charge is 0.481 e. The minimum atomic E-state index is -3.27. The van der Waals surface area contributed by atoms with Crippen molar-refractivity contribution in [2.45, 2.75) is 12.8 Å². The zero-order valence-electron chi connectivity index (χ0n) is 8.06. The van der Waals surface area contributed by atoms with Crippen molar-refractivity contribution in [1.82, 2.24) is 4.98 Å². The maximum Gasteiger partial charge on any atom is 0.309 e. The van der Waals surface area contributed by atoms with Crippen molar-refractivity contribution in [3.05, 3.63) is 33.4 Å². The average Bonchev–Trinajstić information content (AvgIpc) is 2.18. The quantitative estimate of drug-likeness (QED) is 0.648. The fourth-order valence-corrected chi connectivity index (χ4v) is 1.12. The predicted octanol–water partition coefficient (Wildman–Crippen LogP) is 1.69. The summed E-state index contributed by atoms with van der Waals surface area (Å²) in [6, 6.07) is 0.243. The molecular weight excluding hydrogens is 245 g/mol. The van der Waals surface area contributed by atoms with Crippen molar-refractivity contribution in [2.75, 3.05) is 0 Å². The number of alkyl halides is 2. The van der Waals surface area contributed by atoms with Crippen molar-refractivity contribution in [3.63, 3.8) is 0 Å². The molecule has 1 aromatic rings. The SMILES string of the molecule is O=C(O)Cc1nc(C(F)F)c(F)cc1[N+](=O)[O-]. The van der Waals surface area contributed by atoms with Crippen LogP contribution in [-0.2, 0) is 11.2 Å². The second-order valence-electron chi connectivity index (χ2n) is 2.95. The molecule has 0 aliphatic heterocycles. The Hall–Kier alpha value is -2.19. The fourth-order valence-electron chi connectivity index (χ4n) is 1.12. The third-order valence-electron chi connectivity index (χ3n) is 1.78. The van der Waals surface area contributed by atoms with Gasteiger partial charge in [0.2, 0.25) is 0 Å². The van der Waals surface area contributed by atoms with Gasteiger partial charge in [-0.2, -0.15) is 0 Å². The van der Waals surface area contributed by atoms with Gasteiger partial charge in [0.1, 0.15) is 11.4 Å². The lowest BCUT2D eigenvalue weighted by Gasteiger charge is -2.04. The summed E-state index contributed by atoms with van der Waals surface area (Å²) in [5.41, 5.74) is -2.94. The number of aromatic nitrogens is 1. The maximum atomic E-state index is 13.0. The van der Waals surface area contributed by atoms with Crippen molar-refractivity contribution >= 4 is 11.7 Å². The number of halogens is 3. The first-order valence-corrected chi connectivity index (χ1v) is 4.16. The van der Waals surface area contributed by atoms with E-state index in [0.717, 1.165) is 0 Å². The Kier molecular flexibility index (Phi) is 3.61. The van der Waals surface area contributed by atoms with Crippen molar-refractivity contribution in [1.29, 1.82) is 0 Å². The van der Waals surface area contributed by atoms with Gasteiger partial charge in [-0.25, -0.2) is 18.2 Å². The number of pyridine rings is 1. The molecule has 0 bridgehead atoms. The third kappa shape index (κ3) is 2.89. The molecule has 0 atom stereocenters. The second kappa shape index (κ2) is 4.76. The summed E-state index contributed by atoms with van der Waals surface area (Å²) in [4.78, 5) is 22.7. The molecule has 0 amide bonds. The number of carboxylic acid groups (broad SMARTS) is 1. The Morgan fingerprint density at radius 3 is 2.59 bits per heavy atom. The number of carbonyl (C=O) groups is 1. The topological polar surface area (TPSA) is 93.3 Å². The molecule has 0 fully saturated rings. The van der Waals surface area contributed by atoms with E-state index in [9.17, 15) is 28.1 Å². The van der Waals surface area contributed by atoms with Gasteiger partial charge in [-0.3, -0.25) is 14.9 Å². The van der Waals surface area contributed by atoms with Gasteiger partial charge in [0.15, 0.2) is 5.82 Å². The first-order valence-electron chi connectivity index (χ1n) is 4.16. The molecule has 0 spiro atoms. The van der Waals surface area contributed by atoms with Crippen LogP contribution in [0, 0.1) is 15.9 Å². The highest BCUT2D eigenvalue weighted by molar-refractivity contribution is 5.71. The molecule has 92 valence electrons. The van der Waals surface area contributed by atoms with E-state index in [0.29, 0.717) is 0 Å². The standard InChI is InChI=1S/C8H5F3N2O4/c9-3-1-5(13(16)17)4(2-6(14)15)12-7(3)8(10)11/h1,8H,2H2,(H,14,15). The van der Waals surface area contributed by atoms with Crippen LogP contribution in [0.5, 0.6) is 0 Å². The molecule has 6 nitrogen and oxygen atoms in total. The van der Waals surface area contributed by atoms with E-state index in [1.165, 1.54) is 0 Å². The first-order chi connectivity index (χ1) is 7.82. The lowest BCUT2D eigenvalue weighted by Crippen LogP contribution is -2.09. The number of hydrogen-bond acceptors (Lipinski definition) is 4. The zero-order valence-corrected chi connectivity index (χ0v) is 8.06. The van der Waals surface area contributed by atoms with Gasteiger partial charge in [0.05, 0.1) is 17.4 Å². The summed E-state index contributed by atoms with van der Waals surface area (Å²) in [5, 5.41) is 18.9. The van der Waals surface area contributed by atoms with Crippen LogP contribution in [-0.4, -0.2) is 21.0 Å². The minimum absolute atomic E-state index is 0.243. The highest BCUT2D eigenvalue weighted by Gasteiger charge is 2.25. The van der Waals surface area contributed by atoms with E-state index < -0.39 is 46.6 Å². The first kappa shape index (κ1) is 12.9. The van der Waals surface area contributed by atoms with E-state index in [1.807, 2.05) is 0 Å². The summed E-state index contributed by atoms with van der Waals surface area (Å²) in [6.07, 6.45) is -4.21. The van der Waals surface area contributed by atoms with Crippen molar-refractivity contribution in [2.24, 2.45) is 0 Å². The van der Waals surface area contributed by atoms with Crippen molar-refractivity contribution in [3.8, 4) is 0 Å². The molecule has 1 rings (SSSR count). The van der Waals surface area contributed by atoms with Gasteiger partial charge < -0.3 is 5.11 Å². The Morgan fingerprint density at radius 2 is 2.18 bits per heavy atom. The number of nitro groups is 1. The van der Waals surface area contributed by atoms with Gasteiger partial charge >= 0.3 is 5.97 Å². The van der Waals surface area contributed by atoms with Gasteiger partial charge in [-0.15, -0.1) is 0 Å². The van der Waals surface area contributed by atoms with Crippen LogP contribution in [0.4, 0.5) is 18.9 Å². The minimum Gasteiger partial charge on any atom is -0.481 e. The fraction of sp³-hybridized carbons (Fsp3) is 0.250. The Morgan fingerprint density at radius 1 is 1.59 bits per heavy atom. The molecule has 1 aromatic heterocycles. The normalized spacial score (nSPS) is 10.6. The zero-order chi connectivity index (χ0) is 13.2. The molecule has 0 aliphatic rings. The number of rotatable bonds is 4. The van der Waals surface area contributed by atoms with Crippen LogP contribution in [0.2, 0.25) is 0 Å². The molecule has 0 saturated heterocycles. The summed E-state index contributed by atoms with van der Waals surface area (Å²) in [6.45, 7) is 0. The van der Waals surface area contributed by atoms with E-state index in [2.05, 4.69) is 4.98 Å². The Labute approximate surface area is 91.9 Å². The number of carboxylic acids is 1. The molecule has 0 radical (unpaired) electrons. The van der Waals surface area contributed by atoms with Crippen LogP contribution in [0.3, 0.4) is 0 Å². The Bertz CT molecular complexity index is 478. The lowest BCUT2D eigenvalue weighted by atomic mass is 10.2. The second-order valence-corrected chi connectivity index (χ2v) is 2.95. The predicted molar refractivity (Wildman–Crippen MR) is 47.1 cm³/mol. The number of hydrogen-bond donors (Lipinski definition) is 1. The van der Waals surface area contributed by atoms with Crippen LogP contribution < -0.4 is 0 Å². The van der Waals surface area contributed by atoms with Gasteiger partial charge in [-0.1, -0.05) is 0 Å². The van der Waals surface area contributed by atoms with E-state index in [4.69, 9.17) is 5.11 Å². The molecule has 0 aromatic carbocycles. The van der Waals surface area contributed by atoms with Crippen LogP contribution >= 0.6 is 0 Å². The highest BCUT2D eigenvalue weighted by atomic mass is 19.3. The van der Waals surface area contributed by atoms with E-state index in [-0.39, 0.29) is 6.07 Å². The Balaban J connectivity index is 3.36. The highest BCUT2D eigenvalue weighted by Crippen LogP contribution is 2.26. The molecule has 1 heterocycles. The summed E-state index contributed by atoms with van der Waals surface area (Å²) in [7, 11) is 0. The van der Waals surface area contributed by atoms with Crippen molar-refractivity contribution < 1.29 is 28.0 Å². The summed E-state index contributed by atoms with van der Waals surface area (Å²) < 4.78 is 37.5. The van der Waals surface area contributed by atoms with Crippen LogP contribution in [0.15, 0.2) is 6.07 Å². The molecule has 0 saturated carbocycles. The lowest BCUT2D eigenvalue weighted by molar-refractivity contribution is -0.386. The molecule has 9 heteroatoms. The number of nitrogens with zero attached hydrogens (tertiary/aromatic N) is 2. The smallest absolute Gasteiger partial charge is 0.309 e. The number of aliphatic carboxylic acids is 1. The van der Waals surface area contributed by atoms with Gasteiger partial charge in [0.25, 0.3) is 12.1 Å². The van der Waals surface area contributed by atoms with E-state index >= 15 is 0 Å². The monoisotopic (exact) mass is 250 g/mol. The summed E-state index contributed by atoms with van der Waals surface area (Å²) in [5.74, 6) is -3.03. The van der Waals surface area contributed by atoms with Crippen LogP contribution in [0.1, 0.15) is 17.8 Å². The molecule has 17 heavy (non-hydrogen) atoms. The van der Waals surface area contributed by atoms with Gasteiger partial charge in [-0.05, 0) is 0 Å². The van der Waals surface area contributed by atoms with Gasteiger partial charge in [0, 0.05) is 0 Å². The molecule has 1 N–H and O–H groups in total. The molecule has 0 unspecified atom stereocenters. The third-order valence-corrected chi connectivity index (χ3v) is 1.78. The van der Waals surface area contributed by atoms with E-state index in [1.54, 1.807) is 0 Å². The average molecular weight is 250 g/mol. The van der Waals surface area contributed by atoms with Crippen LogP contribution in [0.25, 0.3) is 0 Å². The maximum absolute atomic E-state index is 13.0. The molecular formula is C8H5F3N2O4. The molecule has 0 aliphatic carbocycles.